The molecule has 98 valence electrons. The molecule has 2 unspecified atom stereocenters. The van der Waals surface area contributed by atoms with Crippen molar-refractivity contribution in [2.45, 2.75) is 31.8 Å². The van der Waals surface area contributed by atoms with Gasteiger partial charge >= 0.3 is 0 Å². The van der Waals surface area contributed by atoms with E-state index in [-0.39, 0.29) is 30.0 Å². The second-order valence-corrected chi connectivity index (χ2v) is 4.67. The van der Waals surface area contributed by atoms with Crippen LogP contribution in [0.2, 0.25) is 0 Å². The van der Waals surface area contributed by atoms with Gasteiger partial charge in [0.15, 0.2) is 11.6 Å². The number of nitrogens with two attached hydrogens (primary N) is 1. The first-order valence-corrected chi connectivity index (χ1v) is 5.98. The van der Waals surface area contributed by atoms with Crippen LogP contribution in [0.4, 0.5) is 8.78 Å². The lowest BCUT2D eigenvalue weighted by molar-refractivity contribution is -0.131. The summed E-state index contributed by atoms with van der Waals surface area (Å²) in [5.41, 5.74) is 5.92. The van der Waals surface area contributed by atoms with Crippen molar-refractivity contribution in [1.29, 1.82) is 0 Å². The van der Waals surface area contributed by atoms with Gasteiger partial charge in [-0.3, -0.25) is 4.79 Å². The van der Waals surface area contributed by atoms with Gasteiger partial charge in [0.05, 0.1) is 6.42 Å². The van der Waals surface area contributed by atoms with Gasteiger partial charge in [0.2, 0.25) is 5.91 Å². The van der Waals surface area contributed by atoms with Gasteiger partial charge in [-0.2, -0.15) is 0 Å². The molecule has 2 atom stereocenters. The summed E-state index contributed by atoms with van der Waals surface area (Å²) in [7, 11) is 0. The van der Waals surface area contributed by atoms with Crippen molar-refractivity contribution in [3.05, 3.63) is 35.4 Å². The Labute approximate surface area is 105 Å². The van der Waals surface area contributed by atoms with Crippen LogP contribution in [0.25, 0.3) is 0 Å². The van der Waals surface area contributed by atoms with Gasteiger partial charge < -0.3 is 10.6 Å². The van der Waals surface area contributed by atoms with E-state index in [1.165, 1.54) is 12.1 Å². The molecule has 0 spiro atoms. The lowest BCUT2D eigenvalue weighted by Crippen LogP contribution is -2.41. The fourth-order valence-electron chi connectivity index (χ4n) is 2.27. The van der Waals surface area contributed by atoms with Crippen LogP contribution >= 0.6 is 0 Å². The third-order valence-corrected chi connectivity index (χ3v) is 3.51. The van der Waals surface area contributed by atoms with Crippen molar-refractivity contribution < 1.29 is 13.6 Å². The maximum atomic E-state index is 13.5. The first-order chi connectivity index (χ1) is 8.50. The van der Waals surface area contributed by atoms with E-state index in [2.05, 4.69) is 0 Å². The number of carbonyl (C=O) groups excluding carboxylic acids is 1. The van der Waals surface area contributed by atoms with Crippen LogP contribution in [0, 0.1) is 11.6 Å². The van der Waals surface area contributed by atoms with Gasteiger partial charge in [-0.1, -0.05) is 12.1 Å². The summed E-state index contributed by atoms with van der Waals surface area (Å²) in [5.74, 6) is -2.08. The summed E-state index contributed by atoms with van der Waals surface area (Å²) in [6.07, 6.45) is 0.624. The van der Waals surface area contributed by atoms with Crippen molar-refractivity contribution in [2.75, 3.05) is 6.54 Å². The Kier molecular flexibility index (Phi) is 3.61. The average molecular weight is 254 g/mol. The molecule has 18 heavy (non-hydrogen) atoms. The SMILES string of the molecule is CC1C(N)CCN1C(=O)Cc1cccc(F)c1F. The predicted molar refractivity (Wildman–Crippen MR) is 63.8 cm³/mol. The molecular formula is C13H16F2N2O. The standard InChI is InChI=1S/C13H16F2N2O/c1-8-11(16)5-6-17(8)12(18)7-9-3-2-4-10(14)13(9)15/h2-4,8,11H,5-7,16H2,1H3. The number of nitrogens with zero attached hydrogens (tertiary/aromatic N) is 1. The normalized spacial score (nSPS) is 23.4. The molecule has 0 aliphatic carbocycles. The number of amides is 1. The third-order valence-electron chi connectivity index (χ3n) is 3.51. The number of benzene rings is 1. The fourth-order valence-corrected chi connectivity index (χ4v) is 2.27. The molecule has 1 fully saturated rings. The second kappa shape index (κ2) is 5.02. The fraction of sp³-hybridized carbons (Fsp3) is 0.462. The second-order valence-electron chi connectivity index (χ2n) is 4.67. The molecule has 0 radical (unpaired) electrons. The van der Waals surface area contributed by atoms with E-state index in [0.717, 1.165) is 12.5 Å². The third kappa shape index (κ3) is 2.36. The van der Waals surface area contributed by atoms with E-state index in [1.807, 2.05) is 6.92 Å². The van der Waals surface area contributed by atoms with Crippen molar-refractivity contribution in [3.63, 3.8) is 0 Å². The van der Waals surface area contributed by atoms with E-state index in [1.54, 1.807) is 4.90 Å². The minimum Gasteiger partial charge on any atom is -0.338 e. The Hall–Kier alpha value is -1.49. The van der Waals surface area contributed by atoms with Crippen molar-refractivity contribution in [3.8, 4) is 0 Å². The molecule has 0 bridgehead atoms. The summed E-state index contributed by atoms with van der Waals surface area (Å²) in [4.78, 5) is 13.6. The molecule has 1 amide bonds. The Morgan fingerprint density at radius 3 is 2.83 bits per heavy atom. The predicted octanol–water partition coefficient (Wildman–Crippen LogP) is 1.46. The Morgan fingerprint density at radius 2 is 2.22 bits per heavy atom. The molecule has 1 saturated heterocycles. The summed E-state index contributed by atoms with van der Waals surface area (Å²) >= 11 is 0. The molecule has 0 saturated carbocycles. The molecule has 3 nitrogen and oxygen atoms in total. The summed E-state index contributed by atoms with van der Waals surface area (Å²) in [6.45, 7) is 2.45. The molecular weight excluding hydrogens is 238 g/mol. The van der Waals surface area contributed by atoms with Gasteiger partial charge in [0.25, 0.3) is 0 Å². The van der Waals surface area contributed by atoms with Gasteiger partial charge in [0, 0.05) is 24.2 Å². The number of likely N-dealkylation sites (tertiary alicyclic amines) is 1. The van der Waals surface area contributed by atoms with E-state index >= 15 is 0 Å². The van der Waals surface area contributed by atoms with Gasteiger partial charge in [-0.05, 0) is 19.4 Å². The average Bonchev–Trinajstić information content (AvgIpc) is 2.66. The van der Waals surface area contributed by atoms with Crippen molar-refractivity contribution in [1.82, 2.24) is 4.90 Å². The van der Waals surface area contributed by atoms with Crippen LogP contribution in [-0.4, -0.2) is 29.4 Å². The van der Waals surface area contributed by atoms with Crippen LogP contribution < -0.4 is 5.73 Å². The zero-order valence-corrected chi connectivity index (χ0v) is 10.2. The highest BCUT2D eigenvalue weighted by Crippen LogP contribution is 2.19. The molecule has 1 heterocycles. The van der Waals surface area contributed by atoms with Crippen LogP contribution in [0.1, 0.15) is 18.9 Å². The van der Waals surface area contributed by atoms with Crippen LogP contribution in [0.5, 0.6) is 0 Å². The topological polar surface area (TPSA) is 46.3 Å². The summed E-state index contributed by atoms with van der Waals surface area (Å²) in [5, 5.41) is 0. The zero-order valence-electron chi connectivity index (χ0n) is 10.2. The lowest BCUT2D eigenvalue weighted by Gasteiger charge is -2.23. The molecule has 0 aromatic heterocycles. The molecule has 1 aliphatic rings. The maximum absolute atomic E-state index is 13.5. The van der Waals surface area contributed by atoms with Gasteiger partial charge in [-0.25, -0.2) is 8.78 Å². The Balaban J connectivity index is 2.10. The molecule has 1 aliphatic heterocycles. The quantitative estimate of drug-likeness (QED) is 0.868. The van der Waals surface area contributed by atoms with Crippen LogP contribution in [0.3, 0.4) is 0 Å². The van der Waals surface area contributed by atoms with Gasteiger partial charge in [0.1, 0.15) is 0 Å². The van der Waals surface area contributed by atoms with Gasteiger partial charge in [-0.15, -0.1) is 0 Å². The maximum Gasteiger partial charge on any atom is 0.227 e. The molecule has 1 aromatic rings. The first-order valence-electron chi connectivity index (χ1n) is 5.98. The highest BCUT2D eigenvalue weighted by atomic mass is 19.2. The largest absolute Gasteiger partial charge is 0.338 e. The monoisotopic (exact) mass is 254 g/mol. The van der Waals surface area contributed by atoms with E-state index in [4.69, 9.17) is 5.73 Å². The summed E-state index contributed by atoms with van der Waals surface area (Å²) in [6, 6.07) is 3.79. The smallest absolute Gasteiger partial charge is 0.227 e. The Morgan fingerprint density at radius 1 is 1.50 bits per heavy atom. The number of hydrogen-bond donors (Lipinski definition) is 1. The van der Waals surface area contributed by atoms with Crippen molar-refractivity contribution in [2.24, 2.45) is 5.73 Å². The highest BCUT2D eigenvalue weighted by molar-refractivity contribution is 5.79. The number of carbonyl (C=O) groups is 1. The van der Waals surface area contributed by atoms with E-state index < -0.39 is 11.6 Å². The summed E-state index contributed by atoms with van der Waals surface area (Å²) < 4.78 is 26.5. The minimum atomic E-state index is -0.943. The first kappa shape index (κ1) is 13.0. The number of halogens is 2. The van der Waals surface area contributed by atoms with Crippen LogP contribution in [0.15, 0.2) is 18.2 Å². The van der Waals surface area contributed by atoms with Crippen LogP contribution in [-0.2, 0) is 11.2 Å². The van der Waals surface area contributed by atoms with E-state index in [0.29, 0.717) is 6.54 Å². The lowest BCUT2D eigenvalue weighted by atomic mass is 10.1. The molecule has 2 N–H and O–H groups in total. The molecule has 5 heteroatoms. The molecule has 1 aromatic carbocycles. The Bertz CT molecular complexity index is 464. The number of hydrogen-bond acceptors (Lipinski definition) is 2. The highest BCUT2D eigenvalue weighted by Gasteiger charge is 2.31. The zero-order chi connectivity index (χ0) is 13.3. The minimum absolute atomic E-state index is 0.0358. The van der Waals surface area contributed by atoms with Crippen molar-refractivity contribution >= 4 is 5.91 Å². The number of rotatable bonds is 2. The van der Waals surface area contributed by atoms with E-state index in [9.17, 15) is 13.6 Å². The molecule has 2 rings (SSSR count).